The molecule has 1 nitrogen and oxygen atoms in total. The number of aromatic nitrogens is 1. The Kier molecular flexibility index (Phi) is 2.77. The lowest BCUT2D eigenvalue weighted by Crippen LogP contribution is -1.98. The van der Waals surface area contributed by atoms with Gasteiger partial charge >= 0.3 is 0 Å². The van der Waals surface area contributed by atoms with Gasteiger partial charge in [-0.1, -0.05) is 54.6 Å². The normalized spacial score (nSPS) is 12.5. The highest BCUT2D eigenvalue weighted by Gasteiger charge is 2.16. The number of nitrogens with zero attached hydrogens (tertiary/aromatic N) is 1. The van der Waals surface area contributed by atoms with Gasteiger partial charge in [-0.15, -0.1) is 0 Å². The Morgan fingerprint density at radius 2 is 1.56 bits per heavy atom. The zero-order chi connectivity index (χ0) is 12.4. The summed E-state index contributed by atoms with van der Waals surface area (Å²) in [6, 6.07) is 18.8. The van der Waals surface area contributed by atoms with Crippen molar-refractivity contribution in [1.29, 1.82) is 0 Å². The molecule has 0 spiro atoms. The summed E-state index contributed by atoms with van der Waals surface area (Å²) in [4.78, 5) is 4.21. The average Bonchev–Trinajstić information content (AvgIpc) is 2.47. The fourth-order valence-electron chi connectivity index (χ4n) is 2.12. The number of benzene rings is 2. The van der Waals surface area contributed by atoms with Gasteiger partial charge in [0.05, 0.1) is 5.69 Å². The molecule has 0 N–H and O–H groups in total. The lowest BCUT2D eigenvalue weighted by molar-refractivity contribution is 0.396. The molecule has 2 heteroatoms. The number of fused-ring (bicyclic) bond motifs is 1. The van der Waals surface area contributed by atoms with E-state index >= 15 is 0 Å². The first-order valence-electron chi connectivity index (χ1n) is 5.89. The lowest BCUT2D eigenvalue weighted by atomic mass is 10.0. The largest absolute Gasteiger partial charge is 0.257 e. The van der Waals surface area contributed by atoms with E-state index in [1.54, 1.807) is 18.3 Å². The maximum atomic E-state index is 14.5. The molecule has 0 aliphatic rings. The predicted molar refractivity (Wildman–Crippen MR) is 71.1 cm³/mol. The predicted octanol–water partition coefficient (Wildman–Crippen LogP) is 4.29. The van der Waals surface area contributed by atoms with Crippen molar-refractivity contribution in [3.63, 3.8) is 0 Å². The zero-order valence-electron chi connectivity index (χ0n) is 9.75. The van der Waals surface area contributed by atoms with Crippen LogP contribution in [0.25, 0.3) is 10.8 Å². The molecule has 1 aromatic heterocycles. The smallest absolute Gasteiger partial charge is 0.168 e. The molecular formula is C16H12FN. The van der Waals surface area contributed by atoms with Gasteiger partial charge in [-0.25, -0.2) is 4.39 Å². The van der Waals surface area contributed by atoms with E-state index < -0.39 is 6.17 Å². The van der Waals surface area contributed by atoms with Crippen molar-refractivity contribution in [3.05, 3.63) is 78.1 Å². The molecule has 0 radical (unpaired) electrons. The Morgan fingerprint density at radius 3 is 2.39 bits per heavy atom. The van der Waals surface area contributed by atoms with E-state index in [4.69, 9.17) is 0 Å². The van der Waals surface area contributed by atoms with E-state index in [-0.39, 0.29) is 0 Å². The standard InChI is InChI=1S/C16H12FN/c17-15(13-7-2-1-3-8-13)16-14-9-5-4-6-12(14)10-11-18-16/h1-11,15H. The Labute approximate surface area is 105 Å². The minimum Gasteiger partial charge on any atom is -0.257 e. The molecule has 0 fully saturated rings. The summed E-state index contributed by atoms with van der Waals surface area (Å²) in [7, 11) is 0. The quantitative estimate of drug-likeness (QED) is 0.647. The maximum Gasteiger partial charge on any atom is 0.168 e. The molecule has 2 aromatic carbocycles. The number of alkyl halides is 1. The molecule has 0 bridgehead atoms. The molecule has 0 saturated carbocycles. The molecule has 1 heterocycles. The molecule has 0 amide bonds. The van der Waals surface area contributed by atoms with Gasteiger partial charge in [0, 0.05) is 11.6 Å². The van der Waals surface area contributed by atoms with Crippen molar-refractivity contribution < 1.29 is 4.39 Å². The third kappa shape index (κ3) is 1.86. The van der Waals surface area contributed by atoms with Crippen LogP contribution in [0.1, 0.15) is 17.4 Å². The van der Waals surface area contributed by atoms with Crippen molar-refractivity contribution in [2.75, 3.05) is 0 Å². The summed E-state index contributed by atoms with van der Waals surface area (Å²) in [5.41, 5.74) is 1.13. The lowest BCUT2D eigenvalue weighted by Gasteiger charge is -2.10. The molecule has 0 saturated heterocycles. The highest BCUT2D eigenvalue weighted by atomic mass is 19.1. The fourth-order valence-corrected chi connectivity index (χ4v) is 2.12. The second-order valence-electron chi connectivity index (χ2n) is 4.19. The van der Waals surface area contributed by atoms with E-state index in [1.807, 2.05) is 48.5 Å². The first kappa shape index (κ1) is 10.9. The molecule has 88 valence electrons. The van der Waals surface area contributed by atoms with Crippen molar-refractivity contribution in [2.45, 2.75) is 6.17 Å². The topological polar surface area (TPSA) is 12.9 Å². The van der Waals surface area contributed by atoms with Crippen LogP contribution < -0.4 is 0 Å². The summed E-state index contributed by atoms with van der Waals surface area (Å²) in [6.07, 6.45) is 0.477. The summed E-state index contributed by atoms with van der Waals surface area (Å²) in [5, 5.41) is 1.89. The van der Waals surface area contributed by atoms with E-state index in [0.717, 1.165) is 10.8 Å². The number of hydrogen-bond acceptors (Lipinski definition) is 1. The SMILES string of the molecule is FC(c1ccccc1)c1nccc2ccccc12. The number of rotatable bonds is 2. The van der Waals surface area contributed by atoms with Crippen LogP contribution in [0, 0.1) is 0 Å². The van der Waals surface area contributed by atoms with Gasteiger partial charge in [0.15, 0.2) is 6.17 Å². The second kappa shape index (κ2) is 4.57. The molecule has 18 heavy (non-hydrogen) atoms. The minimum absolute atomic E-state index is 0.485. The van der Waals surface area contributed by atoms with Crippen LogP contribution >= 0.6 is 0 Å². The number of halogens is 1. The van der Waals surface area contributed by atoms with Crippen molar-refractivity contribution in [1.82, 2.24) is 4.98 Å². The summed E-state index contributed by atoms with van der Waals surface area (Å²) in [6.45, 7) is 0. The van der Waals surface area contributed by atoms with Crippen LogP contribution in [0.4, 0.5) is 4.39 Å². The minimum atomic E-state index is -1.18. The molecular weight excluding hydrogens is 225 g/mol. The zero-order valence-corrected chi connectivity index (χ0v) is 9.75. The van der Waals surface area contributed by atoms with Crippen molar-refractivity contribution in [3.8, 4) is 0 Å². The van der Waals surface area contributed by atoms with Gasteiger partial charge in [-0.3, -0.25) is 4.98 Å². The van der Waals surface area contributed by atoms with E-state index in [9.17, 15) is 4.39 Å². The average molecular weight is 237 g/mol. The highest BCUT2D eigenvalue weighted by Crippen LogP contribution is 2.29. The van der Waals surface area contributed by atoms with Gasteiger partial charge < -0.3 is 0 Å². The second-order valence-corrected chi connectivity index (χ2v) is 4.19. The van der Waals surface area contributed by atoms with Crippen LogP contribution in [0.2, 0.25) is 0 Å². The van der Waals surface area contributed by atoms with E-state index in [2.05, 4.69) is 4.98 Å². The summed E-state index contributed by atoms with van der Waals surface area (Å²) < 4.78 is 14.5. The van der Waals surface area contributed by atoms with Gasteiger partial charge in [-0.2, -0.15) is 0 Å². The Bertz CT molecular complexity index is 659. The molecule has 0 aliphatic carbocycles. The summed E-state index contributed by atoms with van der Waals surface area (Å²) >= 11 is 0. The number of pyridine rings is 1. The third-order valence-electron chi connectivity index (χ3n) is 3.04. The molecule has 3 rings (SSSR count). The van der Waals surface area contributed by atoms with Gasteiger partial charge in [0.2, 0.25) is 0 Å². The Morgan fingerprint density at radius 1 is 0.833 bits per heavy atom. The van der Waals surface area contributed by atoms with Crippen molar-refractivity contribution >= 4 is 10.8 Å². The third-order valence-corrected chi connectivity index (χ3v) is 3.04. The van der Waals surface area contributed by atoms with E-state index in [0.29, 0.717) is 11.3 Å². The van der Waals surface area contributed by atoms with Gasteiger partial charge in [-0.05, 0) is 17.0 Å². The first-order valence-corrected chi connectivity index (χ1v) is 5.89. The molecule has 1 unspecified atom stereocenters. The molecule has 3 aromatic rings. The van der Waals surface area contributed by atoms with Crippen LogP contribution in [-0.2, 0) is 0 Å². The van der Waals surface area contributed by atoms with Crippen LogP contribution in [-0.4, -0.2) is 4.98 Å². The number of hydrogen-bond donors (Lipinski definition) is 0. The summed E-state index contributed by atoms with van der Waals surface area (Å²) in [5.74, 6) is 0. The Hall–Kier alpha value is -2.22. The first-order chi connectivity index (χ1) is 8.86. The fraction of sp³-hybridized carbons (Fsp3) is 0.0625. The van der Waals surface area contributed by atoms with Gasteiger partial charge in [0.25, 0.3) is 0 Å². The molecule has 0 aliphatic heterocycles. The van der Waals surface area contributed by atoms with E-state index in [1.165, 1.54) is 0 Å². The van der Waals surface area contributed by atoms with Crippen LogP contribution in [0.3, 0.4) is 0 Å². The maximum absolute atomic E-state index is 14.5. The highest BCUT2D eigenvalue weighted by molar-refractivity contribution is 5.84. The van der Waals surface area contributed by atoms with Crippen LogP contribution in [0.5, 0.6) is 0 Å². The van der Waals surface area contributed by atoms with Gasteiger partial charge in [0.1, 0.15) is 0 Å². The monoisotopic (exact) mass is 237 g/mol. The van der Waals surface area contributed by atoms with Crippen molar-refractivity contribution in [2.24, 2.45) is 0 Å². The Balaban J connectivity index is 2.15. The molecule has 1 atom stereocenters. The van der Waals surface area contributed by atoms with Crippen LogP contribution in [0.15, 0.2) is 66.9 Å².